The predicted octanol–water partition coefficient (Wildman–Crippen LogP) is 0.166. The van der Waals surface area contributed by atoms with E-state index in [1.54, 1.807) is 0 Å². The van der Waals surface area contributed by atoms with Gasteiger partial charge in [-0.25, -0.2) is 8.42 Å². The summed E-state index contributed by atoms with van der Waals surface area (Å²) >= 11 is 0. The van der Waals surface area contributed by atoms with Crippen molar-refractivity contribution < 1.29 is 13.2 Å². The lowest BCUT2D eigenvalue weighted by Crippen LogP contribution is -2.38. The first-order valence-corrected chi connectivity index (χ1v) is 7.50. The van der Waals surface area contributed by atoms with Gasteiger partial charge >= 0.3 is 0 Å². The average molecular weight is 250 g/mol. The molecule has 0 aromatic carbocycles. The summed E-state index contributed by atoms with van der Waals surface area (Å²) in [4.78, 5) is 0. The van der Waals surface area contributed by atoms with Gasteiger partial charge in [-0.15, -0.1) is 0 Å². The van der Waals surface area contributed by atoms with Crippen molar-refractivity contribution in [2.45, 2.75) is 32.3 Å². The molecule has 1 atom stereocenters. The van der Waals surface area contributed by atoms with Crippen molar-refractivity contribution in [2.75, 3.05) is 32.0 Å². The molecular weight excluding hydrogens is 228 g/mol. The smallest absolute Gasteiger partial charge is 0.214 e. The highest BCUT2D eigenvalue weighted by Crippen LogP contribution is 2.15. The van der Waals surface area contributed by atoms with Crippen molar-refractivity contribution in [1.82, 2.24) is 4.31 Å². The van der Waals surface area contributed by atoms with Crippen LogP contribution in [0, 0.1) is 0 Å². The van der Waals surface area contributed by atoms with Crippen LogP contribution in [0.3, 0.4) is 0 Å². The summed E-state index contributed by atoms with van der Waals surface area (Å²) in [6, 6.07) is 0. The second kappa shape index (κ2) is 6.54. The van der Waals surface area contributed by atoms with E-state index in [2.05, 4.69) is 0 Å². The van der Waals surface area contributed by atoms with Crippen molar-refractivity contribution in [2.24, 2.45) is 5.73 Å². The Bertz CT molecular complexity index is 286. The zero-order valence-corrected chi connectivity index (χ0v) is 10.7. The number of rotatable bonds is 7. The highest BCUT2D eigenvalue weighted by atomic mass is 32.2. The van der Waals surface area contributed by atoms with E-state index in [0.29, 0.717) is 26.1 Å². The molecule has 1 fully saturated rings. The molecule has 1 aliphatic heterocycles. The Kier molecular flexibility index (Phi) is 5.68. The van der Waals surface area contributed by atoms with Crippen LogP contribution in [0.2, 0.25) is 0 Å². The molecule has 5 nitrogen and oxygen atoms in total. The van der Waals surface area contributed by atoms with E-state index >= 15 is 0 Å². The number of hydrogen-bond donors (Lipinski definition) is 1. The Morgan fingerprint density at radius 2 is 2.25 bits per heavy atom. The van der Waals surface area contributed by atoms with Gasteiger partial charge in [0.05, 0.1) is 11.9 Å². The zero-order chi connectivity index (χ0) is 12.0. The van der Waals surface area contributed by atoms with E-state index in [9.17, 15) is 8.42 Å². The summed E-state index contributed by atoms with van der Waals surface area (Å²) < 4.78 is 30.8. The van der Waals surface area contributed by atoms with E-state index < -0.39 is 10.0 Å². The molecule has 6 heteroatoms. The molecular formula is C10H22N2O3S. The van der Waals surface area contributed by atoms with Crippen molar-refractivity contribution in [3.8, 4) is 0 Å². The van der Waals surface area contributed by atoms with E-state index in [1.165, 1.54) is 4.31 Å². The summed E-state index contributed by atoms with van der Waals surface area (Å²) in [7, 11) is -3.15. The van der Waals surface area contributed by atoms with Gasteiger partial charge in [-0.2, -0.15) is 4.31 Å². The van der Waals surface area contributed by atoms with Gasteiger partial charge in [0, 0.05) is 19.7 Å². The lowest BCUT2D eigenvalue weighted by molar-refractivity contribution is 0.0947. The Hall–Kier alpha value is -0.170. The topological polar surface area (TPSA) is 72.6 Å². The molecule has 0 aliphatic carbocycles. The van der Waals surface area contributed by atoms with Gasteiger partial charge in [-0.1, -0.05) is 6.92 Å². The van der Waals surface area contributed by atoms with Gasteiger partial charge in [-0.3, -0.25) is 0 Å². The maximum absolute atomic E-state index is 11.9. The van der Waals surface area contributed by atoms with Crippen LogP contribution in [-0.4, -0.2) is 50.8 Å². The Morgan fingerprint density at radius 3 is 2.75 bits per heavy atom. The number of likely N-dealkylation sites (N-methyl/N-ethyl adjacent to an activating group) is 1. The van der Waals surface area contributed by atoms with Crippen LogP contribution in [0.25, 0.3) is 0 Å². The molecule has 1 rings (SSSR count). The van der Waals surface area contributed by atoms with Crippen LogP contribution >= 0.6 is 0 Å². The molecule has 1 saturated heterocycles. The fraction of sp³-hybridized carbons (Fsp3) is 1.00. The van der Waals surface area contributed by atoms with Crippen molar-refractivity contribution in [1.29, 1.82) is 0 Å². The molecule has 0 saturated carbocycles. The molecule has 2 N–H and O–H groups in total. The predicted molar refractivity (Wildman–Crippen MR) is 63.7 cm³/mol. The zero-order valence-electron chi connectivity index (χ0n) is 9.89. The standard InChI is InChI=1S/C10H22N2O3S/c1-2-12(9-10-5-3-7-15-10)16(13,14)8-4-6-11/h10H,2-9,11H2,1H3. The summed E-state index contributed by atoms with van der Waals surface area (Å²) in [5, 5.41) is 0. The summed E-state index contributed by atoms with van der Waals surface area (Å²) in [5.74, 6) is 0.143. The molecule has 0 radical (unpaired) electrons. The normalized spacial score (nSPS) is 21.8. The second-order valence-corrected chi connectivity index (χ2v) is 6.13. The highest BCUT2D eigenvalue weighted by molar-refractivity contribution is 7.89. The minimum absolute atomic E-state index is 0.0765. The third-order valence-electron chi connectivity index (χ3n) is 2.78. The van der Waals surface area contributed by atoms with Crippen molar-refractivity contribution in [3.63, 3.8) is 0 Å². The third kappa shape index (κ3) is 4.01. The van der Waals surface area contributed by atoms with Crippen molar-refractivity contribution in [3.05, 3.63) is 0 Å². The van der Waals surface area contributed by atoms with Crippen molar-refractivity contribution >= 4 is 10.0 Å². The fourth-order valence-electron chi connectivity index (χ4n) is 1.85. The average Bonchev–Trinajstić information content (AvgIpc) is 2.75. The first kappa shape index (κ1) is 13.9. The molecule has 0 aromatic heterocycles. The van der Waals surface area contributed by atoms with Crippen LogP contribution in [-0.2, 0) is 14.8 Å². The molecule has 0 spiro atoms. The van der Waals surface area contributed by atoms with Crippen LogP contribution in [0.15, 0.2) is 0 Å². The molecule has 16 heavy (non-hydrogen) atoms. The minimum atomic E-state index is -3.15. The first-order valence-electron chi connectivity index (χ1n) is 5.89. The molecule has 0 amide bonds. The number of nitrogens with two attached hydrogens (primary N) is 1. The maximum Gasteiger partial charge on any atom is 0.214 e. The van der Waals surface area contributed by atoms with Crippen LogP contribution in [0.1, 0.15) is 26.2 Å². The molecule has 1 aliphatic rings. The molecule has 0 aromatic rings. The molecule has 96 valence electrons. The lowest BCUT2D eigenvalue weighted by Gasteiger charge is -2.23. The van der Waals surface area contributed by atoms with Gasteiger partial charge in [0.1, 0.15) is 0 Å². The Labute approximate surface area is 98.0 Å². The maximum atomic E-state index is 11.9. The van der Waals surface area contributed by atoms with Crippen LogP contribution in [0.4, 0.5) is 0 Å². The van der Waals surface area contributed by atoms with Crippen LogP contribution < -0.4 is 5.73 Å². The summed E-state index contributed by atoms with van der Waals surface area (Å²) in [5.41, 5.74) is 5.33. The summed E-state index contributed by atoms with van der Waals surface area (Å²) in [6.07, 6.45) is 2.59. The number of sulfonamides is 1. The molecule has 1 unspecified atom stereocenters. The lowest BCUT2D eigenvalue weighted by atomic mass is 10.2. The number of hydrogen-bond acceptors (Lipinski definition) is 4. The SMILES string of the molecule is CCN(CC1CCCO1)S(=O)(=O)CCCN. The molecule has 1 heterocycles. The van der Waals surface area contributed by atoms with Gasteiger partial charge in [0.25, 0.3) is 0 Å². The number of ether oxygens (including phenoxy) is 1. The highest BCUT2D eigenvalue weighted by Gasteiger charge is 2.25. The van der Waals surface area contributed by atoms with Gasteiger partial charge in [0.15, 0.2) is 0 Å². The van der Waals surface area contributed by atoms with E-state index in [1.807, 2.05) is 6.92 Å². The number of nitrogens with zero attached hydrogens (tertiary/aromatic N) is 1. The van der Waals surface area contributed by atoms with E-state index in [4.69, 9.17) is 10.5 Å². The van der Waals surface area contributed by atoms with Gasteiger partial charge < -0.3 is 10.5 Å². The largest absolute Gasteiger partial charge is 0.377 e. The monoisotopic (exact) mass is 250 g/mol. The fourth-order valence-corrected chi connectivity index (χ4v) is 3.43. The van der Waals surface area contributed by atoms with E-state index in [0.717, 1.165) is 19.4 Å². The summed E-state index contributed by atoms with van der Waals surface area (Å²) in [6.45, 7) is 4.02. The van der Waals surface area contributed by atoms with Crippen LogP contribution in [0.5, 0.6) is 0 Å². The molecule has 0 bridgehead atoms. The third-order valence-corrected chi connectivity index (χ3v) is 4.78. The first-order chi connectivity index (χ1) is 7.60. The minimum Gasteiger partial charge on any atom is -0.377 e. The quantitative estimate of drug-likeness (QED) is 0.699. The van der Waals surface area contributed by atoms with Gasteiger partial charge in [0.2, 0.25) is 10.0 Å². The van der Waals surface area contributed by atoms with Gasteiger partial charge in [-0.05, 0) is 25.8 Å². The Morgan fingerprint density at radius 1 is 1.50 bits per heavy atom. The van der Waals surface area contributed by atoms with E-state index in [-0.39, 0.29) is 11.9 Å². The Balaban J connectivity index is 2.51. The second-order valence-electron chi connectivity index (χ2n) is 4.04.